The van der Waals surface area contributed by atoms with Gasteiger partial charge in [0.2, 0.25) is 0 Å². The van der Waals surface area contributed by atoms with Crippen LogP contribution in [0.5, 0.6) is 0 Å². The SMILES string of the molecule is Cc1cnc2c(c1)[nH]c(=S)n2-c1ccc(C(F)(F)F)cc1. The highest BCUT2D eigenvalue weighted by molar-refractivity contribution is 7.71. The van der Waals surface area contributed by atoms with Crippen molar-refractivity contribution in [1.29, 1.82) is 0 Å². The molecule has 0 saturated carbocycles. The molecule has 1 N–H and O–H groups in total. The number of nitrogens with zero attached hydrogens (tertiary/aromatic N) is 2. The lowest BCUT2D eigenvalue weighted by Gasteiger charge is -2.08. The molecule has 3 aromatic rings. The number of imidazole rings is 1. The van der Waals surface area contributed by atoms with Gasteiger partial charge in [-0.3, -0.25) is 4.57 Å². The molecule has 0 amide bonds. The van der Waals surface area contributed by atoms with Crippen LogP contribution in [0.3, 0.4) is 0 Å². The van der Waals surface area contributed by atoms with Crippen molar-refractivity contribution in [3.8, 4) is 5.69 Å². The van der Waals surface area contributed by atoms with E-state index < -0.39 is 11.7 Å². The fourth-order valence-electron chi connectivity index (χ4n) is 2.14. The zero-order valence-electron chi connectivity index (χ0n) is 10.9. The Kier molecular flexibility index (Phi) is 3.09. The van der Waals surface area contributed by atoms with Crippen molar-refractivity contribution in [2.24, 2.45) is 0 Å². The van der Waals surface area contributed by atoms with E-state index in [1.165, 1.54) is 12.1 Å². The van der Waals surface area contributed by atoms with Gasteiger partial charge in [-0.25, -0.2) is 4.98 Å². The van der Waals surface area contributed by atoms with Crippen LogP contribution in [0.2, 0.25) is 0 Å². The summed E-state index contributed by atoms with van der Waals surface area (Å²) in [4.78, 5) is 7.30. The summed E-state index contributed by atoms with van der Waals surface area (Å²) < 4.78 is 39.8. The van der Waals surface area contributed by atoms with Crippen LogP contribution in [0.1, 0.15) is 11.1 Å². The minimum Gasteiger partial charge on any atom is -0.329 e. The molecule has 0 unspecified atom stereocenters. The van der Waals surface area contributed by atoms with E-state index in [0.717, 1.165) is 23.2 Å². The van der Waals surface area contributed by atoms with Gasteiger partial charge in [0, 0.05) is 11.9 Å². The van der Waals surface area contributed by atoms with Gasteiger partial charge in [-0.05, 0) is 55.0 Å². The molecular weight excluding hydrogens is 299 g/mol. The molecule has 7 heteroatoms. The molecule has 0 radical (unpaired) electrons. The third kappa shape index (κ3) is 2.44. The van der Waals surface area contributed by atoms with E-state index in [-0.39, 0.29) is 0 Å². The Labute approximate surface area is 123 Å². The number of halogens is 3. The van der Waals surface area contributed by atoms with Crippen LogP contribution in [-0.4, -0.2) is 14.5 Å². The van der Waals surface area contributed by atoms with Gasteiger partial charge < -0.3 is 4.98 Å². The molecule has 0 spiro atoms. The lowest BCUT2D eigenvalue weighted by atomic mass is 10.2. The molecular formula is C14H10F3N3S. The minimum absolute atomic E-state index is 0.392. The number of hydrogen-bond donors (Lipinski definition) is 1. The topological polar surface area (TPSA) is 33.6 Å². The van der Waals surface area contributed by atoms with E-state index in [2.05, 4.69) is 9.97 Å². The number of alkyl halides is 3. The molecule has 3 nitrogen and oxygen atoms in total. The third-order valence-electron chi connectivity index (χ3n) is 3.11. The molecule has 0 aliphatic carbocycles. The van der Waals surface area contributed by atoms with Gasteiger partial charge in [0.25, 0.3) is 0 Å². The first-order valence-electron chi connectivity index (χ1n) is 6.11. The minimum atomic E-state index is -4.35. The number of benzene rings is 1. The zero-order chi connectivity index (χ0) is 15.2. The molecule has 21 heavy (non-hydrogen) atoms. The van der Waals surface area contributed by atoms with Gasteiger partial charge in [0.05, 0.1) is 11.1 Å². The quantitative estimate of drug-likeness (QED) is 0.676. The van der Waals surface area contributed by atoms with Crippen LogP contribution in [0.25, 0.3) is 16.9 Å². The maximum Gasteiger partial charge on any atom is 0.416 e. The molecule has 0 saturated heterocycles. The van der Waals surface area contributed by atoms with Crippen molar-refractivity contribution in [1.82, 2.24) is 14.5 Å². The van der Waals surface area contributed by atoms with Gasteiger partial charge >= 0.3 is 6.18 Å². The summed E-state index contributed by atoms with van der Waals surface area (Å²) in [6, 6.07) is 6.72. The maximum absolute atomic E-state index is 12.6. The van der Waals surface area contributed by atoms with Crippen molar-refractivity contribution in [2.45, 2.75) is 13.1 Å². The van der Waals surface area contributed by atoms with Crippen molar-refractivity contribution < 1.29 is 13.2 Å². The fourth-order valence-corrected chi connectivity index (χ4v) is 2.44. The Morgan fingerprint density at radius 1 is 1.19 bits per heavy atom. The first-order valence-corrected chi connectivity index (χ1v) is 6.52. The second-order valence-corrected chi connectivity index (χ2v) is 5.08. The normalized spacial score (nSPS) is 12.0. The first-order chi connectivity index (χ1) is 9.86. The van der Waals surface area contributed by atoms with Crippen molar-refractivity contribution >= 4 is 23.4 Å². The number of aromatic amines is 1. The monoisotopic (exact) mass is 309 g/mol. The molecule has 2 heterocycles. The molecule has 3 rings (SSSR count). The summed E-state index contributed by atoms with van der Waals surface area (Å²) in [5.74, 6) is 0. The zero-order valence-corrected chi connectivity index (χ0v) is 11.7. The molecule has 0 bridgehead atoms. The lowest BCUT2D eigenvalue weighted by molar-refractivity contribution is -0.137. The van der Waals surface area contributed by atoms with Gasteiger partial charge in [-0.1, -0.05) is 0 Å². The maximum atomic E-state index is 12.6. The van der Waals surface area contributed by atoms with Crippen LogP contribution in [-0.2, 0) is 6.18 Å². The number of fused-ring (bicyclic) bond motifs is 1. The third-order valence-corrected chi connectivity index (χ3v) is 3.40. The number of pyridine rings is 1. The number of H-pyrrole nitrogens is 1. The highest BCUT2D eigenvalue weighted by atomic mass is 32.1. The second kappa shape index (κ2) is 4.70. The van der Waals surface area contributed by atoms with Gasteiger partial charge in [0.15, 0.2) is 10.4 Å². The molecule has 0 aliphatic rings. The van der Waals surface area contributed by atoms with Crippen molar-refractivity contribution in [3.63, 3.8) is 0 Å². The summed E-state index contributed by atoms with van der Waals surface area (Å²) in [5.41, 5.74) is 2.15. The van der Waals surface area contributed by atoms with Crippen molar-refractivity contribution in [2.75, 3.05) is 0 Å². The van der Waals surface area contributed by atoms with Gasteiger partial charge in [-0.15, -0.1) is 0 Å². The summed E-state index contributed by atoms with van der Waals surface area (Å²) in [6.45, 7) is 1.90. The number of rotatable bonds is 1. The van der Waals surface area contributed by atoms with E-state index in [9.17, 15) is 13.2 Å². The predicted molar refractivity (Wildman–Crippen MR) is 76.0 cm³/mol. The second-order valence-electron chi connectivity index (χ2n) is 4.69. The van der Waals surface area contributed by atoms with E-state index in [4.69, 9.17) is 12.2 Å². The average Bonchev–Trinajstić information content (AvgIpc) is 2.73. The Morgan fingerprint density at radius 3 is 2.48 bits per heavy atom. The summed E-state index contributed by atoms with van der Waals surface area (Å²) >= 11 is 5.23. The number of aromatic nitrogens is 3. The highest BCUT2D eigenvalue weighted by Crippen LogP contribution is 2.30. The summed E-state index contributed by atoms with van der Waals surface area (Å²) in [7, 11) is 0. The largest absolute Gasteiger partial charge is 0.416 e. The molecule has 0 fully saturated rings. The highest BCUT2D eigenvalue weighted by Gasteiger charge is 2.30. The molecule has 108 valence electrons. The Hall–Kier alpha value is -2.15. The Bertz CT molecular complexity index is 860. The molecule has 2 aromatic heterocycles. The van der Waals surface area contributed by atoms with Crippen LogP contribution in [0.15, 0.2) is 36.5 Å². The van der Waals surface area contributed by atoms with Crippen molar-refractivity contribution in [3.05, 3.63) is 52.4 Å². The van der Waals surface area contributed by atoms with E-state index in [1.807, 2.05) is 13.0 Å². The molecule has 1 aromatic carbocycles. The smallest absolute Gasteiger partial charge is 0.329 e. The Balaban J connectivity index is 2.17. The van der Waals surface area contributed by atoms with Gasteiger partial charge in [0.1, 0.15) is 0 Å². The number of aryl methyl sites for hydroxylation is 1. The molecule has 0 atom stereocenters. The molecule has 0 aliphatic heterocycles. The van der Waals surface area contributed by atoms with E-state index in [0.29, 0.717) is 16.1 Å². The van der Waals surface area contributed by atoms with Crippen LogP contribution in [0, 0.1) is 11.7 Å². The van der Waals surface area contributed by atoms with Crippen LogP contribution >= 0.6 is 12.2 Å². The standard InChI is InChI=1S/C14H10F3N3S/c1-8-6-11-12(18-7-8)20(13(21)19-11)10-4-2-9(3-5-10)14(15,16)17/h2-7H,1H3,(H,19,21). The van der Waals surface area contributed by atoms with Gasteiger partial charge in [-0.2, -0.15) is 13.2 Å². The van der Waals surface area contributed by atoms with E-state index >= 15 is 0 Å². The predicted octanol–water partition coefficient (Wildman–Crippen LogP) is 4.41. The first kappa shape index (κ1) is 13.8. The summed E-state index contributed by atoms with van der Waals surface area (Å²) in [6.07, 6.45) is -2.67. The number of nitrogens with one attached hydrogen (secondary N) is 1. The van der Waals surface area contributed by atoms with Crippen LogP contribution in [0.4, 0.5) is 13.2 Å². The summed E-state index contributed by atoms with van der Waals surface area (Å²) in [5, 5.41) is 0. The lowest BCUT2D eigenvalue weighted by Crippen LogP contribution is -2.05. The van der Waals surface area contributed by atoms with Crippen LogP contribution < -0.4 is 0 Å². The number of hydrogen-bond acceptors (Lipinski definition) is 2. The average molecular weight is 309 g/mol. The van der Waals surface area contributed by atoms with E-state index in [1.54, 1.807) is 10.8 Å². The Morgan fingerprint density at radius 2 is 1.86 bits per heavy atom. The fraction of sp³-hybridized carbons (Fsp3) is 0.143.